The van der Waals surface area contributed by atoms with Crippen LogP contribution in [0.3, 0.4) is 0 Å². The Hall–Kier alpha value is -2.00. The zero-order chi connectivity index (χ0) is 21.2. The first kappa shape index (κ1) is 21.7. The van der Waals surface area contributed by atoms with Crippen LogP contribution in [-0.4, -0.2) is 12.2 Å². The molecule has 0 N–H and O–H groups in total. The van der Waals surface area contributed by atoms with Crippen molar-refractivity contribution in [2.75, 3.05) is 0 Å². The van der Waals surface area contributed by atoms with Crippen LogP contribution in [0.15, 0.2) is 65.2 Å². The van der Waals surface area contributed by atoms with E-state index in [4.69, 9.17) is 9.47 Å². The predicted octanol–water partition coefficient (Wildman–Crippen LogP) is 7.71. The van der Waals surface area contributed by atoms with Crippen LogP contribution in [0.2, 0.25) is 0 Å². The van der Waals surface area contributed by atoms with Gasteiger partial charge in [-0.2, -0.15) is 0 Å². The van der Waals surface area contributed by atoms with Crippen LogP contribution in [0.5, 0.6) is 11.5 Å². The lowest BCUT2D eigenvalue weighted by Gasteiger charge is -2.36. The lowest BCUT2D eigenvalue weighted by molar-refractivity contribution is 0.226. The normalized spacial score (nSPS) is 21.1. The average molecular weight is 455 g/mol. The highest BCUT2D eigenvalue weighted by molar-refractivity contribution is 9.10. The molecular weight excluding hydrogens is 424 g/mol. The van der Waals surface area contributed by atoms with Crippen LogP contribution < -0.4 is 9.47 Å². The molecule has 0 saturated carbocycles. The number of rotatable bonds is 6. The van der Waals surface area contributed by atoms with Gasteiger partial charge in [0.15, 0.2) is 0 Å². The lowest BCUT2D eigenvalue weighted by atomic mass is 9.69. The third-order valence-corrected chi connectivity index (χ3v) is 6.15. The minimum Gasteiger partial charge on any atom is -0.490 e. The van der Waals surface area contributed by atoms with Gasteiger partial charge in [0.25, 0.3) is 0 Å². The van der Waals surface area contributed by atoms with Crippen molar-refractivity contribution in [2.45, 2.75) is 59.2 Å². The number of hydrogen-bond donors (Lipinski definition) is 0. The minimum atomic E-state index is -0.161. The van der Waals surface area contributed by atoms with Gasteiger partial charge >= 0.3 is 0 Å². The summed E-state index contributed by atoms with van der Waals surface area (Å²) in [6, 6.07) is 12.5. The van der Waals surface area contributed by atoms with Crippen molar-refractivity contribution in [1.82, 2.24) is 0 Å². The molecule has 0 fully saturated rings. The molecule has 0 amide bonds. The molecule has 0 aliphatic heterocycles. The fourth-order valence-corrected chi connectivity index (χ4v) is 4.27. The molecule has 2 aromatic carbocycles. The van der Waals surface area contributed by atoms with E-state index >= 15 is 0 Å². The van der Waals surface area contributed by atoms with E-state index in [1.165, 1.54) is 5.56 Å². The molecule has 0 saturated heterocycles. The van der Waals surface area contributed by atoms with E-state index in [9.17, 15) is 0 Å². The number of ether oxygens (including phenoxy) is 2. The van der Waals surface area contributed by atoms with E-state index < -0.39 is 0 Å². The summed E-state index contributed by atoms with van der Waals surface area (Å²) >= 11 is 3.74. The average Bonchev–Trinajstić information content (AvgIpc) is 2.64. The van der Waals surface area contributed by atoms with Crippen LogP contribution in [0.1, 0.15) is 47.1 Å². The Kier molecular flexibility index (Phi) is 6.58. The monoisotopic (exact) mass is 454 g/mol. The smallest absolute Gasteiger partial charge is 0.135 e. The topological polar surface area (TPSA) is 18.5 Å². The van der Waals surface area contributed by atoms with Gasteiger partial charge in [-0.05, 0) is 45.7 Å². The van der Waals surface area contributed by atoms with E-state index in [0.717, 1.165) is 27.1 Å². The third kappa shape index (κ3) is 4.45. The third-order valence-electron chi connectivity index (χ3n) is 5.46. The standard InChI is InChI=1S/C26H31BrO2/c1-17(2)28-23-15-14-21(26(6)16-10-9-11-19(26)5)25(29-18(3)4)24(23)20-12-7-8-13-22(20)27/h7-19H,1-6H3. The molecule has 0 aromatic heterocycles. The molecule has 0 radical (unpaired) electrons. The molecule has 2 aromatic rings. The lowest BCUT2D eigenvalue weighted by Crippen LogP contribution is -2.29. The second-order valence-corrected chi connectivity index (χ2v) is 9.30. The highest BCUT2D eigenvalue weighted by atomic mass is 79.9. The first-order valence-electron chi connectivity index (χ1n) is 10.4. The summed E-state index contributed by atoms with van der Waals surface area (Å²) in [7, 11) is 0. The molecule has 2 nitrogen and oxygen atoms in total. The molecule has 3 heteroatoms. The molecule has 2 atom stereocenters. The maximum Gasteiger partial charge on any atom is 0.135 e. The molecule has 1 aliphatic rings. The highest BCUT2D eigenvalue weighted by Gasteiger charge is 2.35. The van der Waals surface area contributed by atoms with Crippen molar-refractivity contribution in [3.8, 4) is 22.6 Å². The molecule has 0 heterocycles. The molecule has 1 aliphatic carbocycles. The Morgan fingerprint density at radius 3 is 2.24 bits per heavy atom. The van der Waals surface area contributed by atoms with Crippen LogP contribution in [0.4, 0.5) is 0 Å². The van der Waals surface area contributed by atoms with Gasteiger partial charge in [0.2, 0.25) is 0 Å². The molecule has 29 heavy (non-hydrogen) atoms. The first-order chi connectivity index (χ1) is 13.7. The highest BCUT2D eigenvalue weighted by Crippen LogP contribution is 2.50. The summed E-state index contributed by atoms with van der Waals surface area (Å²) in [5.41, 5.74) is 3.10. The summed E-state index contributed by atoms with van der Waals surface area (Å²) in [5, 5.41) is 0. The maximum atomic E-state index is 6.52. The quantitative estimate of drug-likeness (QED) is 0.444. The first-order valence-corrected chi connectivity index (χ1v) is 11.1. The molecule has 0 bridgehead atoms. The number of benzene rings is 2. The molecule has 154 valence electrons. The van der Waals surface area contributed by atoms with E-state index in [2.05, 4.69) is 112 Å². The summed E-state index contributed by atoms with van der Waals surface area (Å²) < 4.78 is 13.8. The van der Waals surface area contributed by atoms with Crippen LogP contribution >= 0.6 is 15.9 Å². The van der Waals surface area contributed by atoms with Crippen molar-refractivity contribution in [1.29, 1.82) is 0 Å². The molecule has 0 spiro atoms. The Morgan fingerprint density at radius 2 is 1.62 bits per heavy atom. The summed E-state index contributed by atoms with van der Waals surface area (Å²) in [5.74, 6) is 2.10. The Labute approximate surface area is 183 Å². The SMILES string of the molecule is CC(C)Oc1ccc(C2(C)C=CC=CC2C)c(OC(C)C)c1-c1ccccc1Br. The minimum absolute atomic E-state index is 0.0475. The number of hydrogen-bond acceptors (Lipinski definition) is 2. The summed E-state index contributed by atoms with van der Waals surface area (Å²) in [6.45, 7) is 12.8. The summed E-state index contributed by atoms with van der Waals surface area (Å²) in [4.78, 5) is 0. The van der Waals surface area contributed by atoms with Crippen LogP contribution in [0, 0.1) is 5.92 Å². The van der Waals surface area contributed by atoms with E-state index in [1.54, 1.807) is 0 Å². The van der Waals surface area contributed by atoms with Crippen molar-refractivity contribution in [2.24, 2.45) is 5.92 Å². The van der Waals surface area contributed by atoms with E-state index in [0.29, 0.717) is 5.92 Å². The second kappa shape index (κ2) is 8.79. The van der Waals surface area contributed by atoms with Gasteiger partial charge in [0.1, 0.15) is 11.5 Å². The fourth-order valence-electron chi connectivity index (χ4n) is 3.79. The van der Waals surface area contributed by atoms with Crippen LogP contribution in [0.25, 0.3) is 11.1 Å². The van der Waals surface area contributed by atoms with Crippen LogP contribution in [-0.2, 0) is 5.41 Å². The Morgan fingerprint density at radius 1 is 0.931 bits per heavy atom. The van der Waals surface area contributed by atoms with Gasteiger partial charge in [0, 0.05) is 21.0 Å². The van der Waals surface area contributed by atoms with Gasteiger partial charge in [-0.1, -0.05) is 78.3 Å². The summed E-state index contributed by atoms with van der Waals surface area (Å²) in [6.07, 6.45) is 8.92. The predicted molar refractivity (Wildman–Crippen MR) is 126 cm³/mol. The molecule has 2 unspecified atom stereocenters. The van der Waals surface area contributed by atoms with Crippen molar-refractivity contribution in [3.63, 3.8) is 0 Å². The zero-order valence-electron chi connectivity index (χ0n) is 18.2. The van der Waals surface area contributed by atoms with Crippen molar-refractivity contribution < 1.29 is 9.47 Å². The van der Waals surface area contributed by atoms with Gasteiger partial charge in [-0.15, -0.1) is 0 Å². The zero-order valence-corrected chi connectivity index (χ0v) is 19.8. The fraction of sp³-hybridized carbons (Fsp3) is 0.385. The van der Waals surface area contributed by atoms with E-state index in [-0.39, 0.29) is 17.6 Å². The van der Waals surface area contributed by atoms with Gasteiger partial charge in [-0.3, -0.25) is 0 Å². The molecular formula is C26H31BrO2. The Bertz CT molecular complexity index is 926. The second-order valence-electron chi connectivity index (χ2n) is 8.44. The van der Waals surface area contributed by atoms with Crippen molar-refractivity contribution in [3.05, 3.63) is 70.7 Å². The molecule has 3 rings (SSSR count). The van der Waals surface area contributed by atoms with E-state index in [1.807, 2.05) is 6.07 Å². The van der Waals surface area contributed by atoms with Gasteiger partial charge in [0.05, 0.1) is 17.8 Å². The Balaban J connectivity index is 2.34. The van der Waals surface area contributed by atoms with Gasteiger partial charge < -0.3 is 9.47 Å². The largest absolute Gasteiger partial charge is 0.490 e. The van der Waals surface area contributed by atoms with Crippen molar-refractivity contribution >= 4 is 15.9 Å². The number of allylic oxidation sites excluding steroid dienone is 4. The number of halogens is 1. The maximum absolute atomic E-state index is 6.52. The van der Waals surface area contributed by atoms with Gasteiger partial charge in [-0.25, -0.2) is 0 Å².